The summed E-state index contributed by atoms with van der Waals surface area (Å²) in [5, 5.41) is 2.88. The van der Waals surface area contributed by atoms with Gasteiger partial charge in [0.25, 0.3) is 5.91 Å². The van der Waals surface area contributed by atoms with Gasteiger partial charge in [-0.3, -0.25) is 9.59 Å². The van der Waals surface area contributed by atoms with E-state index in [1.165, 1.54) is 18.3 Å². The molecule has 2 aromatic carbocycles. The summed E-state index contributed by atoms with van der Waals surface area (Å²) in [6.07, 6.45) is 1.46. The molecule has 1 aliphatic rings. The number of carbonyl (C=O) groups excluding carboxylic acids is 1. The molecule has 0 saturated carbocycles. The van der Waals surface area contributed by atoms with Crippen molar-refractivity contribution < 1.29 is 18.7 Å². The van der Waals surface area contributed by atoms with Crippen LogP contribution in [0.5, 0.6) is 11.5 Å². The van der Waals surface area contributed by atoms with Gasteiger partial charge < -0.3 is 19.4 Å². The van der Waals surface area contributed by atoms with Gasteiger partial charge in [-0.15, -0.1) is 0 Å². The van der Waals surface area contributed by atoms with E-state index in [9.17, 15) is 14.0 Å². The van der Waals surface area contributed by atoms with Gasteiger partial charge in [0.1, 0.15) is 11.4 Å². The fraction of sp³-hybridized carbons (Fsp3) is 0.158. The highest BCUT2D eigenvalue weighted by Crippen LogP contribution is 2.32. The highest BCUT2D eigenvalue weighted by molar-refractivity contribution is 5.97. The Hall–Kier alpha value is -3.35. The van der Waals surface area contributed by atoms with E-state index in [4.69, 9.17) is 9.47 Å². The summed E-state index contributed by atoms with van der Waals surface area (Å²) in [4.78, 5) is 25.0. The normalized spacial score (nSPS) is 12.4. The van der Waals surface area contributed by atoms with Gasteiger partial charge in [-0.1, -0.05) is 6.07 Å². The number of fused-ring (bicyclic) bond motifs is 2. The van der Waals surface area contributed by atoms with Gasteiger partial charge in [-0.25, -0.2) is 4.39 Å². The van der Waals surface area contributed by atoms with Crippen LogP contribution >= 0.6 is 0 Å². The van der Waals surface area contributed by atoms with Crippen LogP contribution in [0.3, 0.4) is 0 Å². The summed E-state index contributed by atoms with van der Waals surface area (Å²) in [7, 11) is 1.70. The first-order chi connectivity index (χ1) is 12.5. The van der Waals surface area contributed by atoms with Crippen LogP contribution in [0.25, 0.3) is 10.9 Å². The van der Waals surface area contributed by atoms with E-state index >= 15 is 0 Å². The number of amides is 1. The molecule has 0 unspecified atom stereocenters. The van der Waals surface area contributed by atoms with E-state index in [0.29, 0.717) is 17.0 Å². The zero-order valence-corrected chi connectivity index (χ0v) is 13.9. The number of hydrogen-bond acceptors (Lipinski definition) is 4. The van der Waals surface area contributed by atoms with Crippen molar-refractivity contribution in [3.63, 3.8) is 0 Å². The summed E-state index contributed by atoms with van der Waals surface area (Å²) in [6, 6.07) is 9.29. The number of rotatable bonds is 3. The highest BCUT2D eigenvalue weighted by atomic mass is 19.1. The lowest BCUT2D eigenvalue weighted by molar-refractivity contribution is 0.0949. The van der Waals surface area contributed by atoms with E-state index < -0.39 is 17.2 Å². The highest BCUT2D eigenvalue weighted by Gasteiger charge is 2.16. The first-order valence-corrected chi connectivity index (χ1v) is 7.98. The van der Waals surface area contributed by atoms with Crippen molar-refractivity contribution >= 4 is 16.8 Å². The maximum absolute atomic E-state index is 13.5. The number of benzene rings is 2. The quantitative estimate of drug-likeness (QED) is 0.784. The van der Waals surface area contributed by atoms with Crippen LogP contribution in [0.1, 0.15) is 15.9 Å². The van der Waals surface area contributed by atoms with Crippen LogP contribution < -0.4 is 20.2 Å². The van der Waals surface area contributed by atoms with Crippen molar-refractivity contribution in [2.75, 3.05) is 6.79 Å². The zero-order chi connectivity index (χ0) is 18.3. The van der Waals surface area contributed by atoms with Crippen molar-refractivity contribution in [3.8, 4) is 11.5 Å². The number of ether oxygens (including phenoxy) is 2. The number of aromatic nitrogens is 1. The Kier molecular flexibility index (Phi) is 3.84. The van der Waals surface area contributed by atoms with Crippen molar-refractivity contribution in [2.45, 2.75) is 6.54 Å². The fourth-order valence-electron chi connectivity index (χ4n) is 2.95. The first kappa shape index (κ1) is 16.1. The third-order valence-electron chi connectivity index (χ3n) is 4.29. The lowest BCUT2D eigenvalue weighted by Gasteiger charge is -2.10. The molecule has 0 atom stereocenters. The Bertz CT molecular complexity index is 1090. The molecule has 0 aliphatic carbocycles. The van der Waals surface area contributed by atoms with Crippen LogP contribution in [-0.2, 0) is 13.6 Å². The van der Waals surface area contributed by atoms with Crippen LogP contribution in [0.2, 0.25) is 0 Å². The monoisotopic (exact) mass is 354 g/mol. The molecule has 1 amide bonds. The second-order valence-electron chi connectivity index (χ2n) is 6.01. The van der Waals surface area contributed by atoms with E-state index in [-0.39, 0.29) is 24.3 Å². The number of hydrogen-bond donors (Lipinski definition) is 1. The number of carbonyl (C=O) groups is 1. The summed E-state index contributed by atoms with van der Waals surface area (Å²) < 4.78 is 25.7. The summed E-state index contributed by atoms with van der Waals surface area (Å²) in [6.45, 7) is 0.397. The predicted molar refractivity (Wildman–Crippen MR) is 92.9 cm³/mol. The molecule has 0 radical (unpaired) electrons. The molecular formula is C19H15FN2O4. The van der Waals surface area contributed by atoms with Gasteiger partial charge in [-0.2, -0.15) is 0 Å². The molecule has 7 heteroatoms. The minimum atomic E-state index is -0.521. The number of aryl methyl sites for hydroxylation is 1. The molecule has 26 heavy (non-hydrogen) atoms. The Morgan fingerprint density at radius 1 is 1.19 bits per heavy atom. The maximum Gasteiger partial charge on any atom is 0.257 e. The van der Waals surface area contributed by atoms with Gasteiger partial charge in [0.15, 0.2) is 11.5 Å². The van der Waals surface area contributed by atoms with Gasteiger partial charge >= 0.3 is 0 Å². The van der Waals surface area contributed by atoms with Crippen molar-refractivity contribution in [1.29, 1.82) is 0 Å². The smallest absolute Gasteiger partial charge is 0.257 e. The van der Waals surface area contributed by atoms with E-state index in [1.54, 1.807) is 23.7 Å². The Morgan fingerprint density at radius 3 is 2.85 bits per heavy atom. The van der Waals surface area contributed by atoms with Gasteiger partial charge in [-0.05, 0) is 35.9 Å². The topological polar surface area (TPSA) is 69.6 Å². The average Bonchev–Trinajstić information content (AvgIpc) is 3.10. The third kappa shape index (κ3) is 2.77. The number of nitrogens with zero attached hydrogens (tertiary/aromatic N) is 1. The standard InChI is InChI=1S/C19H15FN2O4/c1-22-9-14(18(23)13-7-12(20)3-4-15(13)22)19(24)21-8-11-2-5-16-17(6-11)26-10-25-16/h2-7,9H,8,10H2,1H3,(H,21,24). The van der Waals surface area contributed by atoms with E-state index in [2.05, 4.69) is 5.32 Å². The maximum atomic E-state index is 13.5. The van der Waals surface area contributed by atoms with Gasteiger partial charge in [0.05, 0.1) is 5.52 Å². The molecule has 0 fully saturated rings. The molecule has 6 nitrogen and oxygen atoms in total. The minimum Gasteiger partial charge on any atom is -0.454 e. The third-order valence-corrected chi connectivity index (χ3v) is 4.29. The average molecular weight is 354 g/mol. The summed E-state index contributed by atoms with van der Waals surface area (Å²) in [5.41, 5.74) is 0.835. The van der Waals surface area contributed by atoms with Gasteiger partial charge in [0, 0.05) is 25.2 Å². The number of pyridine rings is 1. The lowest BCUT2D eigenvalue weighted by atomic mass is 10.1. The number of halogens is 1. The SMILES string of the molecule is Cn1cc(C(=O)NCc2ccc3c(c2)OCO3)c(=O)c2cc(F)ccc21. The molecule has 3 aromatic rings. The zero-order valence-electron chi connectivity index (χ0n) is 13.9. The van der Waals surface area contributed by atoms with Crippen molar-refractivity contribution in [2.24, 2.45) is 7.05 Å². The van der Waals surface area contributed by atoms with Crippen LogP contribution in [0, 0.1) is 5.82 Å². The predicted octanol–water partition coefficient (Wildman–Crippen LogP) is 2.34. The minimum absolute atomic E-state index is 0.0358. The fourth-order valence-corrected chi connectivity index (χ4v) is 2.95. The van der Waals surface area contributed by atoms with E-state index in [1.807, 2.05) is 6.07 Å². The largest absolute Gasteiger partial charge is 0.454 e. The molecule has 0 bridgehead atoms. The van der Waals surface area contributed by atoms with Crippen molar-refractivity contribution in [1.82, 2.24) is 9.88 Å². The molecule has 1 aliphatic heterocycles. The molecule has 0 spiro atoms. The molecule has 0 saturated heterocycles. The summed E-state index contributed by atoms with van der Waals surface area (Å²) >= 11 is 0. The van der Waals surface area contributed by atoms with Gasteiger partial charge in [0.2, 0.25) is 12.2 Å². The lowest BCUT2D eigenvalue weighted by Crippen LogP contribution is -2.29. The van der Waals surface area contributed by atoms with Crippen LogP contribution in [-0.4, -0.2) is 17.3 Å². The van der Waals surface area contributed by atoms with Crippen LogP contribution in [0.15, 0.2) is 47.4 Å². The Labute approximate surface area is 147 Å². The van der Waals surface area contributed by atoms with Crippen LogP contribution in [0.4, 0.5) is 4.39 Å². The second-order valence-corrected chi connectivity index (χ2v) is 6.01. The second kappa shape index (κ2) is 6.18. The molecule has 4 rings (SSSR count). The first-order valence-electron chi connectivity index (χ1n) is 7.98. The van der Waals surface area contributed by atoms with Crippen molar-refractivity contribution in [3.05, 3.63) is 69.8 Å². The Balaban J connectivity index is 1.60. The molecule has 1 aromatic heterocycles. The molecular weight excluding hydrogens is 339 g/mol. The number of nitrogens with one attached hydrogen (secondary N) is 1. The van der Waals surface area contributed by atoms with E-state index in [0.717, 1.165) is 11.6 Å². The summed E-state index contributed by atoms with van der Waals surface area (Å²) in [5.74, 6) is 0.237. The molecule has 1 N–H and O–H groups in total. The Morgan fingerprint density at radius 2 is 2.00 bits per heavy atom. The molecule has 2 heterocycles. The molecule has 132 valence electrons.